The van der Waals surface area contributed by atoms with Crippen LogP contribution in [-0.4, -0.2) is 18.1 Å². The summed E-state index contributed by atoms with van der Waals surface area (Å²) in [5.74, 6) is 4.44. The normalized spacial score (nSPS) is 16.6. The van der Waals surface area contributed by atoms with Gasteiger partial charge in [-0.2, -0.15) is 0 Å². The fourth-order valence-electron chi connectivity index (χ4n) is 4.16. The predicted octanol–water partition coefficient (Wildman–Crippen LogP) is 4.26. The molecule has 1 aliphatic carbocycles. The number of carbonyl (C=O) groups excluding carboxylic acids is 2. The molecule has 2 amide bonds. The lowest BCUT2D eigenvalue weighted by Gasteiger charge is -2.17. The lowest BCUT2D eigenvalue weighted by atomic mass is 9.94. The van der Waals surface area contributed by atoms with E-state index in [2.05, 4.69) is 20.2 Å². The third kappa shape index (κ3) is 3.84. The summed E-state index contributed by atoms with van der Waals surface area (Å²) in [4.78, 5) is 24.9. The molecule has 1 fully saturated rings. The van der Waals surface area contributed by atoms with Gasteiger partial charge < -0.3 is 14.8 Å². The molecule has 4 N–H and O–H groups in total. The second kappa shape index (κ2) is 7.81. The number of fused-ring (bicyclic) bond motifs is 1. The van der Waals surface area contributed by atoms with Crippen LogP contribution in [0.25, 0.3) is 11.1 Å². The molecule has 0 atom stereocenters. The molecule has 9 heteroatoms. The summed E-state index contributed by atoms with van der Waals surface area (Å²) in [5.41, 5.74) is 5.70. The average Bonchev–Trinajstić information content (AvgIpc) is 3.57. The third-order valence-electron chi connectivity index (χ3n) is 6.22. The molecule has 0 saturated heterocycles. The van der Waals surface area contributed by atoms with Crippen molar-refractivity contribution in [3.8, 4) is 22.6 Å². The number of anilines is 1. The van der Waals surface area contributed by atoms with Crippen LogP contribution in [0.4, 0.5) is 14.5 Å². The van der Waals surface area contributed by atoms with Gasteiger partial charge in [-0.05, 0) is 78.4 Å². The largest absolute Gasteiger partial charge is 0.586 e. The van der Waals surface area contributed by atoms with Gasteiger partial charge in [0, 0.05) is 11.3 Å². The minimum atomic E-state index is -3.70. The molecule has 7 nitrogen and oxygen atoms in total. The number of amides is 2. The summed E-state index contributed by atoms with van der Waals surface area (Å²) >= 11 is 0. The molecule has 0 unspecified atom stereocenters. The number of hydrogen-bond donors (Lipinski definition) is 3. The summed E-state index contributed by atoms with van der Waals surface area (Å²) in [7, 11) is 0. The van der Waals surface area contributed by atoms with Crippen LogP contribution in [0.2, 0.25) is 0 Å². The van der Waals surface area contributed by atoms with E-state index in [0.717, 1.165) is 16.7 Å². The number of hydrazine groups is 1. The van der Waals surface area contributed by atoms with Gasteiger partial charge in [0.2, 0.25) is 5.91 Å². The minimum Gasteiger partial charge on any atom is -0.395 e. The van der Waals surface area contributed by atoms with Crippen molar-refractivity contribution >= 4 is 17.5 Å². The third-order valence-corrected chi connectivity index (χ3v) is 6.22. The molecular formula is C25H21F2N3O4. The maximum absolute atomic E-state index is 13.4. The van der Waals surface area contributed by atoms with Crippen molar-refractivity contribution in [2.75, 3.05) is 5.32 Å². The Bertz CT molecular complexity index is 1300. The topological polar surface area (TPSA) is 103 Å². The van der Waals surface area contributed by atoms with Gasteiger partial charge in [0.05, 0.1) is 5.41 Å². The molecule has 174 valence electrons. The monoisotopic (exact) mass is 465 g/mol. The summed E-state index contributed by atoms with van der Waals surface area (Å²) < 4.78 is 35.7. The number of carbonyl (C=O) groups is 2. The van der Waals surface area contributed by atoms with Crippen molar-refractivity contribution in [1.29, 1.82) is 0 Å². The average molecular weight is 465 g/mol. The SMILES string of the molecule is Cc1ccc(NC(=O)C2(c3ccc4c(c3)OC(F)(F)O4)CC2)cc1-c1ccc(C(=O)NN)cc1. The van der Waals surface area contributed by atoms with Crippen molar-refractivity contribution in [3.63, 3.8) is 0 Å². The zero-order valence-corrected chi connectivity index (χ0v) is 18.2. The highest BCUT2D eigenvalue weighted by Gasteiger charge is 2.52. The van der Waals surface area contributed by atoms with Gasteiger partial charge in [0.25, 0.3) is 5.91 Å². The summed E-state index contributed by atoms with van der Waals surface area (Å²) in [6.07, 6.45) is -2.51. The summed E-state index contributed by atoms with van der Waals surface area (Å²) in [5, 5.41) is 2.96. The minimum absolute atomic E-state index is 0.0527. The van der Waals surface area contributed by atoms with E-state index in [4.69, 9.17) is 5.84 Å². The molecule has 34 heavy (non-hydrogen) atoms. The summed E-state index contributed by atoms with van der Waals surface area (Å²) in [6, 6.07) is 17.0. The van der Waals surface area contributed by atoms with E-state index in [-0.39, 0.29) is 23.3 Å². The first kappa shape index (κ1) is 21.8. The molecule has 0 bridgehead atoms. The van der Waals surface area contributed by atoms with Gasteiger partial charge >= 0.3 is 6.29 Å². The zero-order valence-electron chi connectivity index (χ0n) is 18.2. The van der Waals surface area contributed by atoms with E-state index in [0.29, 0.717) is 29.7 Å². The number of ether oxygens (including phenoxy) is 2. The number of nitrogen functional groups attached to an aromatic ring is 1. The van der Waals surface area contributed by atoms with E-state index >= 15 is 0 Å². The van der Waals surface area contributed by atoms with Crippen molar-refractivity contribution in [2.24, 2.45) is 5.84 Å². The highest BCUT2D eigenvalue weighted by Crippen LogP contribution is 2.52. The van der Waals surface area contributed by atoms with E-state index in [1.54, 1.807) is 18.2 Å². The number of hydrogen-bond acceptors (Lipinski definition) is 5. The molecule has 1 saturated carbocycles. The van der Waals surface area contributed by atoms with Crippen molar-refractivity contribution in [2.45, 2.75) is 31.5 Å². The van der Waals surface area contributed by atoms with Crippen molar-refractivity contribution in [3.05, 3.63) is 77.4 Å². The fourth-order valence-corrected chi connectivity index (χ4v) is 4.16. The van der Waals surface area contributed by atoms with Crippen molar-refractivity contribution < 1.29 is 27.8 Å². The van der Waals surface area contributed by atoms with Crippen LogP contribution in [0.1, 0.15) is 34.3 Å². The number of nitrogens with two attached hydrogens (primary N) is 1. The van der Waals surface area contributed by atoms with Crippen LogP contribution in [0.3, 0.4) is 0 Å². The molecule has 3 aromatic carbocycles. The summed E-state index contributed by atoms with van der Waals surface area (Å²) in [6.45, 7) is 1.95. The molecule has 3 aromatic rings. The van der Waals surface area contributed by atoms with Crippen LogP contribution >= 0.6 is 0 Å². The van der Waals surface area contributed by atoms with Gasteiger partial charge in [0.1, 0.15) is 0 Å². The number of benzene rings is 3. The molecule has 2 aliphatic rings. The molecule has 1 aliphatic heterocycles. The number of rotatable bonds is 5. The van der Waals surface area contributed by atoms with Crippen LogP contribution < -0.4 is 26.1 Å². The van der Waals surface area contributed by atoms with E-state index in [1.807, 2.05) is 37.3 Å². The first-order valence-electron chi connectivity index (χ1n) is 10.6. The van der Waals surface area contributed by atoms with E-state index < -0.39 is 11.7 Å². The van der Waals surface area contributed by atoms with Crippen molar-refractivity contribution in [1.82, 2.24) is 5.43 Å². The van der Waals surface area contributed by atoms with Crippen LogP contribution in [0.5, 0.6) is 11.5 Å². The number of halogens is 2. The van der Waals surface area contributed by atoms with Gasteiger partial charge in [-0.1, -0.05) is 24.3 Å². The Labute approximate surface area is 193 Å². The standard InChI is InChI=1S/C25H21F2N3O4/c1-14-2-8-18(13-19(14)15-3-5-16(6-4-15)22(31)30-28)29-23(32)24(10-11-24)17-7-9-20-21(12-17)34-25(26,27)33-20/h2-9,12-13H,10-11,28H2,1H3,(H,29,32)(H,30,31). The molecule has 0 spiro atoms. The Morgan fingerprint density at radius 2 is 1.65 bits per heavy atom. The lowest BCUT2D eigenvalue weighted by Crippen LogP contribution is -2.29. The Balaban J connectivity index is 1.37. The second-order valence-corrected chi connectivity index (χ2v) is 8.45. The molecule has 1 heterocycles. The zero-order chi connectivity index (χ0) is 24.1. The quantitative estimate of drug-likeness (QED) is 0.297. The number of alkyl halides is 2. The maximum Gasteiger partial charge on any atom is 0.586 e. The first-order valence-corrected chi connectivity index (χ1v) is 10.6. The highest BCUT2D eigenvalue weighted by atomic mass is 19.3. The molecule has 5 rings (SSSR count). The maximum atomic E-state index is 13.4. The highest BCUT2D eigenvalue weighted by molar-refractivity contribution is 6.02. The predicted molar refractivity (Wildman–Crippen MR) is 120 cm³/mol. The van der Waals surface area contributed by atoms with Crippen LogP contribution in [0.15, 0.2) is 60.7 Å². The Morgan fingerprint density at radius 3 is 2.32 bits per heavy atom. The van der Waals surface area contributed by atoms with Gasteiger partial charge in [0.15, 0.2) is 11.5 Å². The fraction of sp³-hybridized carbons (Fsp3) is 0.200. The molecule has 0 aromatic heterocycles. The Hall–Kier alpha value is -3.98. The Morgan fingerprint density at radius 1 is 0.941 bits per heavy atom. The van der Waals surface area contributed by atoms with Gasteiger partial charge in [-0.25, -0.2) is 5.84 Å². The van der Waals surface area contributed by atoms with E-state index in [9.17, 15) is 18.4 Å². The second-order valence-electron chi connectivity index (χ2n) is 8.45. The van der Waals surface area contributed by atoms with E-state index in [1.165, 1.54) is 12.1 Å². The first-order chi connectivity index (χ1) is 16.2. The van der Waals surface area contributed by atoms with Crippen LogP contribution in [-0.2, 0) is 10.2 Å². The number of aryl methyl sites for hydroxylation is 1. The van der Waals surface area contributed by atoms with Gasteiger partial charge in [-0.3, -0.25) is 15.0 Å². The Kier molecular flexibility index (Phi) is 5.02. The number of nitrogens with one attached hydrogen (secondary N) is 2. The van der Waals surface area contributed by atoms with Crippen LogP contribution in [0, 0.1) is 6.92 Å². The molecular weight excluding hydrogens is 444 g/mol. The lowest BCUT2D eigenvalue weighted by molar-refractivity contribution is -0.286. The van der Waals surface area contributed by atoms with Gasteiger partial charge in [-0.15, -0.1) is 8.78 Å². The molecule has 0 radical (unpaired) electrons. The smallest absolute Gasteiger partial charge is 0.395 e.